The van der Waals surface area contributed by atoms with Gasteiger partial charge in [0.05, 0.1) is 18.3 Å². The molecule has 4 aliphatic carbocycles. The monoisotopic (exact) mass is 364 g/mol. The average Bonchev–Trinajstić information content (AvgIpc) is 2.97. The molecule has 4 aliphatic rings. The van der Waals surface area contributed by atoms with Gasteiger partial charge in [0.15, 0.2) is 5.78 Å². The van der Waals surface area contributed by atoms with Gasteiger partial charge >= 0.3 is 0 Å². The van der Waals surface area contributed by atoms with E-state index < -0.39 is 57.8 Å². The molecule has 0 spiro atoms. The molecular weight excluding hydrogens is 336 g/mol. The summed E-state index contributed by atoms with van der Waals surface area (Å²) in [6, 6.07) is 0. The summed E-state index contributed by atoms with van der Waals surface area (Å²) in [5, 5.41) is 54.9. The van der Waals surface area contributed by atoms with Crippen molar-refractivity contribution < 1.29 is 30.3 Å². The van der Waals surface area contributed by atoms with E-state index in [1.807, 2.05) is 13.8 Å². The molecule has 0 saturated heterocycles. The highest BCUT2D eigenvalue weighted by molar-refractivity contribution is 6.04. The largest absolute Gasteiger partial charge is 0.392 e. The summed E-state index contributed by atoms with van der Waals surface area (Å²) in [7, 11) is 0. The van der Waals surface area contributed by atoms with E-state index in [-0.39, 0.29) is 13.0 Å². The van der Waals surface area contributed by atoms with Crippen molar-refractivity contribution in [2.45, 2.75) is 57.0 Å². The van der Waals surface area contributed by atoms with Crippen LogP contribution in [-0.4, -0.2) is 60.8 Å². The highest BCUT2D eigenvalue weighted by atomic mass is 16.4. The molecule has 0 radical (unpaired) electrons. The van der Waals surface area contributed by atoms with Gasteiger partial charge in [-0.05, 0) is 18.1 Å². The fourth-order valence-electron chi connectivity index (χ4n) is 6.45. The molecule has 0 aliphatic heterocycles. The Labute approximate surface area is 152 Å². The van der Waals surface area contributed by atoms with Gasteiger partial charge in [0, 0.05) is 35.5 Å². The Morgan fingerprint density at radius 3 is 2.38 bits per heavy atom. The lowest BCUT2D eigenvalue weighted by Crippen LogP contribution is -2.65. The summed E-state index contributed by atoms with van der Waals surface area (Å²) in [4.78, 5) is 12.7. The summed E-state index contributed by atoms with van der Waals surface area (Å²) < 4.78 is 0. The molecule has 8 atom stereocenters. The smallest absolute Gasteiger partial charge is 0.190 e. The lowest BCUT2D eigenvalue weighted by molar-refractivity contribution is -0.209. The van der Waals surface area contributed by atoms with E-state index in [9.17, 15) is 30.3 Å². The summed E-state index contributed by atoms with van der Waals surface area (Å²) in [6.45, 7) is 6.63. The number of carbonyl (C=O) groups excluding carboxylic acids is 1. The van der Waals surface area contributed by atoms with E-state index in [0.717, 1.165) is 0 Å². The Hall–Kier alpha value is -1.05. The van der Waals surface area contributed by atoms with Crippen LogP contribution in [-0.2, 0) is 4.79 Å². The minimum absolute atomic E-state index is 0.0615. The Kier molecular flexibility index (Phi) is 3.42. The number of carbonyl (C=O) groups is 1. The van der Waals surface area contributed by atoms with E-state index >= 15 is 0 Å². The Morgan fingerprint density at radius 1 is 1.19 bits per heavy atom. The molecular formula is C20H28O6. The second-order valence-electron chi connectivity index (χ2n) is 9.41. The number of aliphatic hydroxyl groups excluding tert-OH is 2. The minimum atomic E-state index is -1.84. The van der Waals surface area contributed by atoms with Crippen molar-refractivity contribution in [3.63, 3.8) is 0 Å². The number of rotatable bonds is 1. The SMILES string of the molecule is CC1=C[C@H]2[C@@]3(O)[C@H](C)[C@H](O)[C@]4(O)[C@@H]([C@@H]3C=C(CO)C[C@]2(O)C1=O)C4(C)C. The van der Waals surface area contributed by atoms with Crippen molar-refractivity contribution in [2.24, 2.45) is 29.1 Å². The molecule has 0 aromatic carbocycles. The van der Waals surface area contributed by atoms with Gasteiger partial charge in [0.2, 0.25) is 0 Å². The number of aliphatic hydroxyl groups is 5. The molecule has 2 fully saturated rings. The summed E-state index contributed by atoms with van der Waals surface area (Å²) in [5.74, 6) is -3.14. The molecule has 144 valence electrons. The fraction of sp³-hybridized carbons (Fsp3) is 0.750. The zero-order valence-electron chi connectivity index (χ0n) is 15.6. The number of hydrogen-bond acceptors (Lipinski definition) is 6. The van der Waals surface area contributed by atoms with Gasteiger partial charge in [0.1, 0.15) is 11.2 Å². The molecule has 0 aromatic rings. The molecule has 6 heteroatoms. The van der Waals surface area contributed by atoms with Crippen LogP contribution in [0.3, 0.4) is 0 Å². The van der Waals surface area contributed by atoms with Crippen LogP contribution in [0.15, 0.2) is 23.3 Å². The van der Waals surface area contributed by atoms with Gasteiger partial charge in [-0.15, -0.1) is 0 Å². The van der Waals surface area contributed by atoms with Crippen molar-refractivity contribution in [2.75, 3.05) is 6.61 Å². The quantitative estimate of drug-likeness (QED) is 0.416. The van der Waals surface area contributed by atoms with Gasteiger partial charge in [-0.3, -0.25) is 4.79 Å². The van der Waals surface area contributed by atoms with Crippen molar-refractivity contribution in [3.8, 4) is 0 Å². The minimum Gasteiger partial charge on any atom is -0.392 e. The average molecular weight is 364 g/mol. The van der Waals surface area contributed by atoms with Crippen molar-refractivity contribution >= 4 is 5.78 Å². The number of hydrogen-bond donors (Lipinski definition) is 5. The van der Waals surface area contributed by atoms with Crippen LogP contribution in [0, 0.1) is 29.1 Å². The zero-order valence-corrected chi connectivity index (χ0v) is 15.6. The molecule has 0 heterocycles. The van der Waals surface area contributed by atoms with E-state index in [1.54, 1.807) is 26.0 Å². The van der Waals surface area contributed by atoms with Crippen molar-refractivity contribution in [3.05, 3.63) is 23.3 Å². The maximum Gasteiger partial charge on any atom is 0.190 e. The van der Waals surface area contributed by atoms with E-state index in [2.05, 4.69) is 0 Å². The maximum absolute atomic E-state index is 12.7. The van der Waals surface area contributed by atoms with Crippen LogP contribution in [0.1, 0.15) is 34.1 Å². The van der Waals surface area contributed by atoms with E-state index in [4.69, 9.17) is 0 Å². The second kappa shape index (κ2) is 4.86. The summed E-state index contributed by atoms with van der Waals surface area (Å²) >= 11 is 0. The van der Waals surface area contributed by atoms with Gasteiger partial charge in [-0.2, -0.15) is 0 Å². The molecule has 0 amide bonds. The molecule has 5 N–H and O–H groups in total. The highest BCUT2D eigenvalue weighted by Gasteiger charge is 2.84. The third-order valence-electron chi connectivity index (χ3n) is 8.04. The Morgan fingerprint density at radius 2 is 1.81 bits per heavy atom. The molecule has 4 rings (SSSR count). The fourth-order valence-corrected chi connectivity index (χ4v) is 6.45. The van der Waals surface area contributed by atoms with Crippen LogP contribution in [0.25, 0.3) is 0 Å². The van der Waals surface area contributed by atoms with Gasteiger partial charge in [-0.25, -0.2) is 0 Å². The van der Waals surface area contributed by atoms with Gasteiger partial charge < -0.3 is 25.5 Å². The first-order valence-electron chi connectivity index (χ1n) is 9.27. The summed E-state index contributed by atoms with van der Waals surface area (Å²) in [5.41, 5.74) is -4.57. The van der Waals surface area contributed by atoms with Crippen LogP contribution in [0.4, 0.5) is 0 Å². The predicted octanol–water partition coefficient (Wildman–Crippen LogP) is -0.0699. The van der Waals surface area contributed by atoms with E-state index in [0.29, 0.717) is 11.1 Å². The van der Waals surface area contributed by atoms with Crippen LogP contribution in [0.2, 0.25) is 0 Å². The van der Waals surface area contributed by atoms with Crippen LogP contribution < -0.4 is 0 Å². The molecule has 0 unspecified atom stereocenters. The van der Waals surface area contributed by atoms with Gasteiger partial charge in [-0.1, -0.05) is 32.9 Å². The molecule has 0 aromatic heterocycles. The number of Topliss-reactive ketones (excluding diaryl/α,β-unsaturated/α-hetero) is 1. The van der Waals surface area contributed by atoms with E-state index in [1.165, 1.54) is 0 Å². The van der Waals surface area contributed by atoms with Gasteiger partial charge in [0.25, 0.3) is 0 Å². The zero-order chi connectivity index (χ0) is 19.4. The van der Waals surface area contributed by atoms with Crippen molar-refractivity contribution in [1.82, 2.24) is 0 Å². The summed E-state index contributed by atoms with van der Waals surface area (Å²) in [6.07, 6.45) is 2.08. The number of ketones is 1. The third kappa shape index (κ3) is 1.69. The van der Waals surface area contributed by atoms with Crippen LogP contribution >= 0.6 is 0 Å². The first-order chi connectivity index (χ1) is 11.9. The maximum atomic E-state index is 12.7. The normalized spacial score (nSPS) is 54.5. The lowest BCUT2D eigenvalue weighted by atomic mass is 9.59. The Bertz CT molecular complexity index is 753. The first kappa shape index (κ1) is 18.3. The molecule has 26 heavy (non-hydrogen) atoms. The Balaban J connectivity index is 1.96. The number of fused-ring (bicyclic) bond motifs is 5. The molecule has 0 bridgehead atoms. The third-order valence-corrected chi connectivity index (χ3v) is 8.04. The predicted molar refractivity (Wildman–Crippen MR) is 92.8 cm³/mol. The lowest BCUT2D eigenvalue weighted by Gasteiger charge is -2.51. The molecule has 2 saturated carbocycles. The van der Waals surface area contributed by atoms with Crippen LogP contribution in [0.5, 0.6) is 0 Å². The standard InChI is InChI=1S/C20H28O6/c1-9-5-13-18(24,15(9)22)7-11(8-21)6-12-14-17(3,4)20(14,26)16(23)10(2)19(12,13)25/h5-6,10,12-14,16,21,23-26H,7-8H2,1-4H3/t10-,12+,13-,14+,16+,18-,19-,20-/m1/s1. The second-order valence-corrected chi connectivity index (χ2v) is 9.41. The first-order valence-corrected chi connectivity index (χ1v) is 9.27. The molecule has 6 nitrogen and oxygen atoms in total. The van der Waals surface area contributed by atoms with Crippen molar-refractivity contribution in [1.29, 1.82) is 0 Å². The highest BCUT2D eigenvalue weighted by Crippen LogP contribution is 2.74. The topological polar surface area (TPSA) is 118 Å².